The first-order valence-corrected chi connectivity index (χ1v) is 11.0. The number of carbonyl (C=O) groups excluding carboxylic acids is 1. The summed E-state index contributed by atoms with van der Waals surface area (Å²) in [5, 5.41) is 6.19. The van der Waals surface area contributed by atoms with E-state index in [0.717, 1.165) is 38.4 Å². The van der Waals surface area contributed by atoms with Crippen LogP contribution in [-0.2, 0) is 29.3 Å². The average molecular weight is 550 g/mol. The lowest BCUT2D eigenvalue weighted by Gasteiger charge is -2.34. The molecule has 1 saturated heterocycles. The van der Waals surface area contributed by atoms with E-state index in [4.69, 9.17) is 4.74 Å². The number of rotatable bonds is 8. The number of nitrogens with one attached hydrogen (secondary N) is 2. The minimum atomic E-state index is 0. The van der Waals surface area contributed by atoms with Gasteiger partial charge in [0.15, 0.2) is 5.96 Å². The van der Waals surface area contributed by atoms with Crippen molar-refractivity contribution >= 4 is 35.8 Å². The van der Waals surface area contributed by atoms with Crippen LogP contribution in [0.5, 0.6) is 0 Å². The molecule has 3 rings (SSSR count). The van der Waals surface area contributed by atoms with Gasteiger partial charge in [0.25, 0.3) is 0 Å². The van der Waals surface area contributed by atoms with Crippen molar-refractivity contribution in [2.75, 3.05) is 27.2 Å². The lowest BCUT2D eigenvalue weighted by molar-refractivity contribution is -0.121. The molecule has 0 aliphatic carbocycles. The van der Waals surface area contributed by atoms with Gasteiger partial charge in [-0.25, -0.2) is 0 Å². The third kappa shape index (κ3) is 8.43. The molecule has 2 N–H and O–H groups in total. The average Bonchev–Trinajstić information content (AvgIpc) is 2.82. The molecule has 0 saturated carbocycles. The molecule has 7 heteroatoms. The van der Waals surface area contributed by atoms with Crippen LogP contribution in [0.15, 0.2) is 59.6 Å². The fraction of sp³-hybridized carbons (Fsp3) is 0.440. The van der Waals surface area contributed by atoms with Crippen LogP contribution >= 0.6 is 24.0 Å². The predicted octanol–water partition coefficient (Wildman–Crippen LogP) is 3.94. The fourth-order valence-corrected chi connectivity index (χ4v) is 3.84. The molecule has 174 valence electrons. The maximum atomic E-state index is 11.6. The van der Waals surface area contributed by atoms with E-state index >= 15 is 0 Å². The molecule has 2 aromatic rings. The number of piperidine rings is 1. The van der Waals surface area contributed by atoms with Gasteiger partial charge in [-0.1, -0.05) is 54.6 Å². The Morgan fingerprint density at radius 3 is 2.19 bits per heavy atom. The summed E-state index contributed by atoms with van der Waals surface area (Å²) < 4.78 is 5.81. The third-order valence-electron chi connectivity index (χ3n) is 5.73. The van der Waals surface area contributed by atoms with E-state index in [1.165, 1.54) is 16.7 Å². The Balaban J connectivity index is 0.00000363. The van der Waals surface area contributed by atoms with E-state index in [2.05, 4.69) is 56.9 Å². The minimum absolute atomic E-state index is 0. The van der Waals surface area contributed by atoms with Crippen molar-refractivity contribution in [2.24, 2.45) is 10.9 Å². The summed E-state index contributed by atoms with van der Waals surface area (Å²) in [6.45, 7) is 3.82. The zero-order valence-electron chi connectivity index (χ0n) is 19.0. The summed E-state index contributed by atoms with van der Waals surface area (Å²) >= 11 is 0. The highest BCUT2D eigenvalue weighted by atomic mass is 127. The summed E-state index contributed by atoms with van der Waals surface area (Å²) in [6, 6.07) is 18.7. The van der Waals surface area contributed by atoms with E-state index in [-0.39, 0.29) is 29.9 Å². The van der Waals surface area contributed by atoms with E-state index in [1.807, 2.05) is 25.2 Å². The number of guanidine groups is 1. The van der Waals surface area contributed by atoms with Crippen LogP contribution in [0.4, 0.5) is 0 Å². The third-order valence-corrected chi connectivity index (χ3v) is 5.73. The molecule has 6 nitrogen and oxygen atoms in total. The number of aliphatic imine (C=N–C) groups is 1. The smallest absolute Gasteiger partial charge is 0.220 e. The number of hydrogen-bond donors (Lipinski definition) is 2. The number of nitrogens with zero attached hydrogens (tertiary/aromatic N) is 2. The zero-order chi connectivity index (χ0) is 21.9. The monoisotopic (exact) mass is 550 g/mol. The van der Waals surface area contributed by atoms with Gasteiger partial charge in [0.2, 0.25) is 5.91 Å². The Kier molecular flexibility index (Phi) is 11.5. The molecule has 0 unspecified atom stereocenters. The van der Waals surface area contributed by atoms with Gasteiger partial charge in [-0.2, -0.15) is 0 Å². The number of halogens is 1. The second-order valence-electron chi connectivity index (χ2n) is 8.00. The van der Waals surface area contributed by atoms with Crippen LogP contribution in [0.25, 0.3) is 0 Å². The van der Waals surface area contributed by atoms with Crippen molar-refractivity contribution in [3.05, 3.63) is 71.3 Å². The SMILES string of the molecule is CN=C(NCc1ccc(COCc2ccccc2)cc1)N1CCC(CC(=O)NC)CC1.I. The van der Waals surface area contributed by atoms with Crippen molar-refractivity contribution in [3.63, 3.8) is 0 Å². The highest BCUT2D eigenvalue weighted by molar-refractivity contribution is 14.0. The molecule has 1 heterocycles. The second-order valence-corrected chi connectivity index (χ2v) is 8.00. The normalized spacial score (nSPS) is 14.6. The lowest BCUT2D eigenvalue weighted by atomic mass is 9.93. The maximum absolute atomic E-state index is 11.6. The Labute approximate surface area is 208 Å². The number of amides is 1. The van der Waals surface area contributed by atoms with Gasteiger partial charge in [0.1, 0.15) is 0 Å². The molecule has 1 aliphatic rings. The van der Waals surface area contributed by atoms with Crippen molar-refractivity contribution < 1.29 is 9.53 Å². The topological polar surface area (TPSA) is 66.0 Å². The van der Waals surface area contributed by atoms with E-state index < -0.39 is 0 Å². The van der Waals surface area contributed by atoms with Crippen molar-refractivity contribution in [1.82, 2.24) is 15.5 Å². The molecule has 1 aliphatic heterocycles. The molecule has 0 radical (unpaired) electrons. The fourth-order valence-electron chi connectivity index (χ4n) is 3.84. The lowest BCUT2D eigenvalue weighted by Crippen LogP contribution is -2.45. The Bertz CT molecular complexity index is 835. The molecular weight excluding hydrogens is 515 g/mol. The first-order valence-electron chi connectivity index (χ1n) is 11.0. The van der Waals surface area contributed by atoms with Gasteiger partial charge >= 0.3 is 0 Å². The Hall–Kier alpha value is -2.13. The molecule has 0 bridgehead atoms. The molecule has 0 atom stereocenters. The van der Waals surface area contributed by atoms with Gasteiger partial charge in [-0.3, -0.25) is 9.79 Å². The van der Waals surface area contributed by atoms with Crippen LogP contribution in [0, 0.1) is 5.92 Å². The van der Waals surface area contributed by atoms with Crippen LogP contribution in [0.1, 0.15) is 36.0 Å². The summed E-state index contributed by atoms with van der Waals surface area (Å²) in [4.78, 5) is 18.3. The van der Waals surface area contributed by atoms with Gasteiger partial charge < -0.3 is 20.3 Å². The maximum Gasteiger partial charge on any atom is 0.220 e. The number of hydrogen-bond acceptors (Lipinski definition) is 3. The first kappa shape index (κ1) is 26.1. The van der Waals surface area contributed by atoms with Gasteiger partial charge in [-0.05, 0) is 35.4 Å². The molecule has 0 spiro atoms. The van der Waals surface area contributed by atoms with Crippen LogP contribution in [-0.4, -0.2) is 44.0 Å². The first-order chi connectivity index (χ1) is 15.2. The summed E-state index contributed by atoms with van der Waals surface area (Å²) in [7, 11) is 3.53. The van der Waals surface area contributed by atoms with Crippen LogP contribution in [0.2, 0.25) is 0 Å². The minimum Gasteiger partial charge on any atom is -0.372 e. The highest BCUT2D eigenvalue weighted by Gasteiger charge is 2.22. The van der Waals surface area contributed by atoms with Gasteiger partial charge in [0, 0.05) is 40.2 Å². The summed E-state index contributed by atoms with van der Waals surface area (Å²) in [5.74, 6) is 1.52. The summed E-state index contributed by atoms with van der Waals surface area (Å²) in [6.07, 6.45) is 2.66. The highest BCUT2D eigenvalue weighted by Crippen LogP contribution is 2.20. The Morgan fingerprint density at radius 2 is 1.59 bits per heavy atom. The van der Waals surface area contributed by atoms with Gasteiger partial charge in [0.05, 0.1) is 13.2 Å². The number of carbonyl (C=O) groups is 1. The predicted molar refractivity (Wildman–Crippen MR) is 140 cm³/mol. The quantitative estimate of drug-likeness (QED) is 0.297. The Morgan fingerprint density at radius 1 is 1.00 bits per heavy atom. The number of benzene rings is 2. The van der Waals surface area contributed by atoms with Crippen LogP contribution in [0.3, 0.4) is 0 Å². The van der Waals surface area contributed by atoms with Crippen molar-refractivity contribution in [3.8, 4) is 0 Å². The number of ether oxygens (including phenoxy) is 1. The van der Waals surface area contributed by atoms with Crippen LogP contribution < -0.4 is 10.6 Å². The molecule has 32 heavy (non-hydrogen) atoms. The van der Waals surface area contributed by atoms with Gasteiger partial charge in [-0.15, -0.1) is 24.0 Å². The van der Waals surface area contributed by atoms with Crippen molar-refractivity contribution in [2.45, 2.75) is 39.0 Å². The molecular formula is C25H35IN4O2. The molecule has 1 fully saturated rings. The standard InChI is InChI=1S/C25H34N4O2.HI/c1-26-24(30)16-20-12-14-29(15-13-20)25(27-2)28-17-21-8-10-23(11-9-21)19-31-18-22-6-4-3-5-7-22;/h3-11,20H,12-19H2,1-2H3,(H,26,30)(H,27,28);1H. The summed E-state index contributed by atoms with van der Waals surface area (Å²) in [5.41, 5.74) is 3.57. The van der Waals surface area contributed by atoms with E-state index in [9.17, 15) is 4.79 Å². The largest absolute Gasteiger partial charge is 0.372 e. The van der Waals surface area contributed by atoms with Crippen molar-refractivity contribution in [1.29, 1.82) is 0 Å². The number of likely N-dealkylation sites (tertiary alicyclic amines) is 1. The van der Waals surface area contributed by atoms with E-state index in [1.54, 1.807) is 7.05 Å². The second kappa shape index (κ2) is 14.1. The molecule has 1 amide bonds. The molecule has 2 aromatic carbocycles. The zero-order valence-corrected chi connectivity index (χ0v) is 21.4. The van der Waals surface area contributed by atoms with E-state index in [0.29, 0.717) is 25.6 Å². The molecule has 0 aromatic heterocycles.